The number of anilines is 1. The van der Waals surface area contributed by atoms with E-state index in [2.05, 4.69) is 5.32 Å². The second kappa shape index (κ2) is 8.47. The number of carbonyl (C=O) groups excluding carboxylic acids is 2. The number of ether oxygens (including phenoxy) is 1. The number of ketones is 1. The number of amides is 1. The summed E-state index contributed by atoms with van der Waals surface area (Å²) in [6.45, 7) is 8.09. The van der Waals surface area contributed by atoms with Gasteiger partial charge in [0.25, 0.3) is 5.91 Å². The van der Waals surface area contributed by atoms with Crippen molar-refractivity contribution in [1.82, 2.24) is 0 Å². The van der Waals surface area contributed by atoms with Crippen LogP contribution in [0.1, 0.15) is 54.0 Å². The first-order valence-corrected chi connectivity index (χ1v) is 8.68. The zero-order valence-corrected chi connectivity index (χ0v) is 15.3. The Morgan fingerprint density at radius 2 is 1.76 bits per heavy atom. The Hall–Kier alpha value is -2.62. The lowest BCUT2D eigenvalue weighted by molar-refractivity contribution is 0.0939. The molecule has 0 aromatic heterocycles. The molecule has 132 valence electrons. The van der Waals surface area contributed by atoms with Crippen molar-refractivity contribution < 1.29 is 14.3 Å². The number of carbonyl (C=O) groups is 2. The Kier molecular flexibility index (Phi) is 6.34. The molecule has 0 aliphatic carbocycles. The minimum Gasteiger partial charge on any atom is -0.493 e. The van der Waals surface area contributed by atoms with E-state index in [1.165, 1.54) is 0 Å². The van der Waals surface area contributed by atoms with E-state index in [0.717, 1.165) is 12.0 Å². The van der Waals surface area contributed by atoms with Crippen LogP contribution in [0.25, 0.3) is 0 Å². The van der Waals surface area contributed by atoms with Crippen molar-refractivity contribution in [3.8, 4) is 5.75 Å². The van der Waals surface area contributed by atoms with E-state index in [1.54, 1.807) is 24.3 Å². The third-order valence-electron chi connectivity index (χ3n) is 3.98. The Morgan fingerprint density at radius 1 is 1.04 bits per heavy atom. The summed E-state index contributed by atoms with van der Waals surface area (Å²) in [5, 5.41) is 2.90. The summed E-state index contributed by atoms with van der Waals surface area (Å²) in [4.78, 5) is 25.4. The monoisotopic (exact) mass is 339 g/mol. The molecule has 0 heterocycles. The first-order valence-electron chi connectivity index (χ1n) is 8.68. The summed E-state index contributed by atoms with van der Waals surface area (Å²) in [6, 6.07) is 12.7. The van der Waals surface area contributed by atoms with E-state index >= 15 is 0 Å². The van der Waals surface area contributed by atoms with Crippen molar-refractivity contribution >= 4 is 17.4 Å². The van der Waals surface area contributed by atoms with Gasteiger partial charge in [-0.15, -0.1) is 0 Å². The van der Waals surface area contributed by atoms with Crippen LogP contribution in [0.2, 0.25) is 0 Å². The molecule has 1 amide bonds. The number of benzene rings is 2. The van der Waals surface area contributed by atoms with Gasteiger partial charge < -0.3 is 10.1 Å². The van der Waals surface area contributed by atoms with Crippen molar-refractivity contribution in [3.05, 3.63) is 59.2 Å². The van der Waals surface area contributed by atoms with E-state index in [0.29, 0.717) is 29.2 Å². The lowest BCUT2D eigenvalue weighted by Gasteiger charge is -2.16. The molecule has 0 spiro atoms. The summed E-state index contributed by atoms with van der Waals surface area (Å²) < 4.78 is 5.53. The number of hydrogen-bond acceptors (Lipinski definition) is 3. The van der Waals surface area contributed by atoms with Gasteiger partial charge in [-0.3, -0.25) is 9.59 Å². The Bertz CT molecular complexity index is 765. The van der Waals surface area contributed by atoms with Gasteiger partial charge in [0.1, 0.15) is 5.75 Å². The summed E-state index contributed by atoms with van der Waals surface area (Å²) >= 11 is 0. The minimum absolute atomic E-state index is 0.0332. The van der Waals surface area contributed by atoms with E-state index in [-0.39, 0.29) is 17.6 Å². The molecule has 0 atom stereocenters. The van der Waals surface area contributed by atoms with Crippen molar-refractivity contribution in [1.29, 1.82) is 0 Å². The van der Waals surface area contributed by atoms with E-state index in [9.17, 15) is 9.59 Å². The maximum absolute atomic E-state index is 12.8. The van der Waals surface area contributed by atoms with Crippen LogP contribution in [0.5, 0.6) is 5.75 Å². The average Bonchev–Trinajstić information content (AvgIpc) is 2.61. The van der Waals surface area contributed by atoms with Crippen LogP contribution in [-0.4, -0.2) is 18.3 Å². The van der Waals surface area contributed by atoms with Crippen LogP contribution in [0.15, 0.2) is 42.5 Å². The molecule has 2 aromatic rings. The third kappa shape index (κ3) is 4.27. The second-order valence-corrected chi connectivity index (χ2v) is 6.10. The zero-order valence-electron chi connectivity index (χ0n) is 15.3. The molecule has 0 saturated heterocycles. The molecule has 0 bridgehead atoms. The Balaban J connectivity index is 2.41. The van der Waals surface area contributed by atoms with Gasteiger partial charge in [-0.25, -0.2) is 0 Å². The van der Waals surface area contributed by atoms with Crippen LogP contribution in [0.3, 0.4) is 0 Å². The van der Waals surface area contributed by atoms with Gasteiger partial charge in [0.15, 0.2) is 5.78 Å². The van der Waals surface area contributed by atoms with Crippen molar-refractivity contribution in [2.24, 2.45) is 5.92 Å². The predicted octanol–water partition coefficient (Wildman–Crippen LogP) is 4.74. The lowest BCUT2D eigenvalue weighted by atomic mass is 9.93. The third-order valence-corrected chi connectivity index (χ3v) is 3.98. The minimum atomic E-state index is -0.282. The fourth-order valence-electron chi connectivity index (χ4n) is 2.70. The highest BCUT2D eigenvalue weighted by molar-refractivity contribution is 6.11. The standard InChI is InChI=1S/C21H25NO3/c1-5-15-10-9-12-17(19(15)20(23)14(3)4)22-21(24)16-11-7-8-13-18(16)25-6-2/h7-14H,5-6H2,1-4H3,(H,22,24). The van der Waals surface area contributed by atoms with Crippen LogP contribution in [-0.2, 0) is 6.42 Å². The molecular formula is C21H25NO3. The van der Waals surface area contributed by atoms with Crippen LogP contribution < -0.4 is 10.1 Å². The number of nitrogens with one attached hydrogen (secondary N) is 1. The molecule has 0 saturated carbocycles. The number of rotatable bonds is 7. The maximum Gasteiger partial charge on any atom is 0.259 e. The van der Waals surface area contributed by atoms with Gasteiger partial charge >= 0.3 is 0 Å². The number of Topliss-reactive ketones (excluding diaryl/α,β-unsaturated/α-hetero) is 1. The van der Waals surface area contributed by atoms with E-state index in [1.807, 2.05) is 45.9 Å². The summed E-state index contributed by atoms with van der Waals surface area (Å²) in [5.74, 6) is 0.144. The molecule has 25 heavy (non-hydrogen) atoms. The predicted molar refractivity (Wildman–Crippen MR) is 101 cm³/mol. The number of aryl methyl sites for hydroxylation is 1. The summed E-state index contributed by atoms with van der Waals surface area (Å²) in [5.41, 5.74) is 2.54. The molecule has 0 aliphatic heterocycles. The Morgan fingerprint density at radius 3 is 2.40 bits per heavy atom. The average molecular weight is 339 g/mol. The first-order chi connectivity index (χ1) is 12.0. The maximum atomic E-state index is 12.8. The summed E-state index contributed by atoms with van der Waals surface area (Å²) in [7, 11) is 0. The fourth-order valence-corrected chi connectivity index (χ4v) is 2.70. The van der Waals surface area contributed by atoms with Crippen molar-refractivity contribution in [3.63, 3.8) is 0 Å². The highest BCUT2D eigenvalue weighted by Gasteiger charge is 2.21. The first kappa shape index (κ1) is 18.7. The second-order valence-electron chi connectivity index (χ2n) is 6.10. The van der Waals surface area contributed by atoms with Crippen LogP contribution >= 0.6 is 0 Å². The lowest BCUT2D eigenvalue weighted by Crippen LogP contribution is -2.19. The van der Waals surface area contributed by atoms with Gasteiger partial charge in [0, 0.05) is 11.5 Å². The van der Waals surface area contributed by atoms with E-state index < -0.39 is 0 Å². The fraction of sp³-hybridized carbons (Fsp3) is 0.333. The van der Waals surface area contributed by atoms with Gasteiger partial charge in [0.2, 0.25) is 0 Å². The topological polar surface area (TPSA) is 55.4 Å². The normalized spacial score (nSPS) is 10.6. The molecule has 0 aliphatic rings. The highest BCUT2D eigenvalue weighted by Crippen LogP contribution is 2.26. The Labute approximate surface area is 149 Å². The van der Waals surface area contributed by atoms with E-state index in [4.69, 9.17) is 4.74 Å². The molecule has 4 nitrogen and oxygen atoms in total. The largest absolute Gasteiger partial charge is 0.493 e. The van der Waals surface area contributed by atoms with Crippen molar-refractivity contribution in [2.75, 3.05) is 11.9 Å². The molecular weight excluding hydrogens is 314 g/mol. The van der Waals surface area contributed by atoms with Gasteiger partial charge in [-0.2, -0.15) is 0 Å². The smallest absolute Gasteiger partial charge is 0.259 e. The highest BCUT2D eigenvalue weighted by atomic mass is 16.5. The molecule has 2 rings (SSSR count). The van der Waals surface area contributed by atoms with Crippen LogP contribution in [0.4, 0.5) is 5.69 Å². The molecule has 0 radical (unpaired) electrons. The van der Waals surface area contributed by atoms with Crippen LogP contribution in [0, 0.1) is 5.92 Å². The number of para-hydroxylation sites is 1. The van der Waals surface area contributed by atoms with Gasteiger partial charge in [0.05, 0.1) is 17.9 Å². The molecule has 1 N–H and O–H groups in total. The van der Waals surface area contributed by atoms with Crippen molar-refractivity contribution in [2.45, 2.75) is 34.1 Å². The molecule has 4 heteroatoms. The quantitative estimate of drug-likeness (QED) is 0.741. The molecule has 2 aromatic carbocycles. The van der Waals surface area contributed by atoms with Gasteiger partial charge in [-0.1, -0.05) is 45.0 Å². The zero-order chi connectivity index (χ0) is 18.4. The summed E-state index contributed by atoms with van der Waals surface area (Å²) in [6.07, 6.45) is 0.729. The molecule has 0 fully saturated rings. The van der Waals surface area contributed by atoms with Gasteiger partial charge in [-0.05, 0) is 37.1 Å². The SMILES string of the molecule is CCOc1ccccc1C(=O)Nc1cccc(CC)c1C(=O)C(C)C. The molecule has 0 unspecified atom stereocenters. The number of hydrogen-bond donors (Lipinski definition) is 1.